The Hall–Kier alpha value is -0.130. The van der Waals surface area contributed by atoms with Gasteiger partial charge in [-0.2, -0.15) is 0 Å². The molecule has 1 rings (SSSR count). The highest BCUT2D eigenvalue weighted by Crippen LogP contribution is 2.31. The highest BCUT2D eigenvalue weighted by atomic mass is 32.2. The number of nitrogens with two attached hydrogens (primary N) is 1. The minimum absolute atomic E-state index is 0.155. The van der Waals surface area contributed by atoms with Crippen LogP contribution in [0.4, 0.5) is 0 Å². The van der Waals surface area contributed by atoms with Crippen molar-refractivity contribution < 1.29 is 8.42 Å². The van der Waals surface area contributed by atoms with Gasteiger partial charge in [-0.15, -0.1) is 0 Å². The Morgan fingerprint density at radius 2 is 2.00 bits per heavy atom. The van der Waals surface area contributed by atoms with Gasteiger partial charge in [0.15, 0.2) is 0 Å². The lowest BCUT2D eigenvalue weighted by Crippen LogP contribution is -2.58. The third kappa shape index (κ3) is 2.93. The molecule has 0 atom stereocenters. The molecule has 0 aliphatic heterocycles. The third-order valence-electron chi connectivity index (χ3n) is 2.63. The molecule has 0 aromatic heterocycles. The first-order chi connectivity index (χ1) is 6.39. The lowest BCUT2D eigenvalue weighted by molar-refractivity contribution is 0.230. The van der Waals surface area contributed by atoms with Gasteiger partial charge in [-0.3, -0.25) is 0 Å². The minimum atomic E-state index is -3.14. The smallest absolute Gasteiger partial charge is 0.212 e. The molecule has 4 nitrogen and oxygen atoms in total. The fourth-order valence-corrected chi connectivity index (χ4v) is 3.67. The maximum absolute atomic E-state index is 11.6. The minimum Gasteiger partial charge on any atom is -0.329 e. The van der Waals surface area contributed by atoms with E-state index in [1.807, 2.05) is 13.8 Å². The van der Waals surface area contributed by atoms with E-state index in [9.17, 15) is 8.42 Å². The molecule has 0 spiro atoms. The van der Waals surface area contributed by atoms with Crippen LogP contribution in [0.5, 0.6) is 0 Å². The van der Waals surface area contributed by atoms with Crippen LogP contribution in [-0.2, 0) is 10.0 Å². The molecule has 5 heteroatoms. The molecule has 14 heavy (non-hydrogen) atoms. The number of hydrogen-bond acceptors (Lipinski definition) is 3. The molecular formula is C9H20N2O2S. The Labute approximate surface area is 86.3 Å². The lowest BCUT2D eigenvalue weighted by atomic mass is 9.78. The fraction of sp³-hybridized carbons (Fsp3) is 1.00. The van der Waals surface area contributed by atoms with Crippen molar-refractivity contribution in [2.75, 3.05) is 12.3 Å². The summed E-state index contributed by atoms with van der Waals surface area (Å²) >= 11 is 0. The summed E-state index contributed by atoms with van der Waals surface area (Å²) in [5.74, 6) is 0.344. The van der Waals surface area contributed by atoms with Crippen molar-refractivity contribution in [1.82, 2.24) is 4.72 Å². The molecule has 0 aromatic rings. The van der Waals surface area contributed by atoms with Crippen LogP contribution < -0.4 is 10.5 Å². The summed E-state index contributed by atoms with van der Waals surface area (Å²) in [4.78, 5) is 0. The normalized spacial score (nSPS) is 20.9. The largest absolute Gasteiger partial charge is 0.329 e. The summed E-state index contributed by atoms with van der Waals surface area (Å²) in [6.45, 7) is 4.20. The van der Waals surface area contributed by atoms with E-state index in [-0.39, 0.29) is 17.2 Å². The van der Waals surface area contributed by atoms with E-state index in [0.29, 0.717) is 6.54 Å². The van der Waals surface area contributed by atoms with Gasteiger partial charge in [0.05, 0.1) is 5.75 Å². The third-order valence-corrected chi connectivity index (χ3v) is 4.48. The Morgan fingerprint density at radius 1 is 1.43 bits per heavy atom. The Kier molecular flexibility index (Phi) is 3.55. The molecule has 0 heterocycles. The highest BCUT2D eigenvalue weighted by Gasteiger charge is 2.38. The molecule has 0 bridgehead atoms. The second-order valence-electron chi connectivity index (χ2n) is 4.62. The van der Waals surface area contributed by atoms with Gasteiger partial charge in [-0.25, -0.2) is 13.1 Å². The molecular weight excluding hydrogens is 200 g/mol. The molecule has 1 aliphatic rings. The van der Waals surface area contributed by atoms with E-state index in [4.69, 9.17) is 5.73 Å². The van der Waals surface area contributed by atoms with Crippen molar-refractivity contribution in [3.8, 4) is 0 Å². The van der Waals surface area contributed by atoms with Crippen LogP contribution in [0.3, 0.4) is 0 Å². The first-order valence-corrected chi connectivity index (χ1v) is 6.76. The number of sulfonamides is 1. The predicted molar refractivity (Wildman–Crippen MR) is 57.4 cm³/mol. The van der Waals surface area contributed by atoms with E-state index in [1.165, 1.54) is 0 Å². The summed E-state index contributed by atoms with van der Waals surface area (Å²) in [6, 6.07) is 0. The number of rotatable bonds is 5. The van der Waals surface area contributed by atoms with Gasteiger partial charge >= 0.3 is 0 Å². The standard InChI is InChI=1S/C9H20N2O2S/c1-8(2)6-14(12,13)11-9(7-10)4-3-5-9/h8,11H,3-7,10H2,1-2H3. The maximum Gasteiger partial charge on any atom is 0.212 e. The van der Waals surface area contributed by atoms with Gasteiger partial charge < -0.3 is 5.73 Å². The molecule has 0 amide bonds. The Balaban J connectivity index is 2.58. The second-order valence-corrected chi connectivity index (χ2v) is 6.38. The van der Waals surface area contributed by atoms with E-state index < -0.39 is 10.0 Å². The van der Waals surface area contributed by atoms with Gasteiger partial charge in [0, 0.05) is 12.1 Å². The van der Waals surface area contributed by atoms with E-state index >= 15 is 0 Å². The van der Waals surface area contributed by atoms with E-state index in [1.54, 1.807) is 0 Å². The van der Waals surface area contributed by atoms with Crippen LogP contribution in [-0.4, -0.2) is 26.3 Å². The van der Waals surface area contributed by atoms with Crippen LogP contribution in [0, 0.1) is 5.92 Å². The van der Waals surface area contributed by atoms with Crippen LogP contribution in [0.15, 0.2) is 0 Å². The number of nitrogens with one attached hydrogen (secondary N) is 1. The average Bonchev–Trinajstić information content (AvgIpc) is 1.94. The van der Waals surface area contributed by atoms with Gasteiger partial charge in [-0.1, -0.05) is 13.8 Å². The highest BCUT2D eigenvalue weighted by molar-refractivity contribution is 7.89. The van der Waals surface area contributed by atoms with E-state index in [2.05, 4.69) is 4.72 Å². The zero-order chi connectivity index (χ0) is 10.8. The average molecular weight is 220 g/mol. The molecule has 0 unspecified atom stereocenters. The molecule has 1 fully saturated rings. The summed E-state index contributed by atoms with van der Waals surface area (Å²) in [6.07, 6.45) is 2.82. The van der Waals surface area contributed by atoms with Crippen molar-refractivity contribution in [1.29, 1.82) is 0 Å². The summed E-state index contributed by atoms with van der Waals surface area (Å²) in [5, 5.41) is 0. The Morgan fingerprint density at radius 3 is 2.29 bits per heavy atom. The van der Waals surface area contributed by atoms with Gasteiger partial charge in [0.25, 0.3) is 0 Å². The monoisotopic (exact) mass is 220 g/mol. The maximum atomic E-state index is 11.6. The zero-order valence-corrected chi connectivity index (χ0v) is 9.73. The van der Waals surface area contributed by atoms with Crippen molar-refractivity contribution in [2.24, 2.45) is 11.7 Å². The predicted octanol–water partition coefficient (Wildman–Crippen LogP) is 0.443. The molecule has 0 aromatic carbocycles. The summed E-state index contributed by atoms with van der Waals surface area (Å²) in [7, 11) is -3.14. The second kappa shape index (κ2) is 4.16. The lowest BCUT2D eigenvalue weighted by Gasteiger charge is -2.41. The number of hydrogen-bond donors (Lipinski definition) is 2. The molecule has 84 valence electrons. The summed E-state index contributed by atoms with van der Waals surface area (Å²) in [5.41, 5.74) is 5.25. The summed E-state index contributed by atoms with van der Waals surface area (Å²) < 4.78 is 26.0. The van der Waals surface area contributed by atoms with Crippen molar-refractivity contribution in [2.45, 2.75) is 38.6 Å². The van der Waals surface area contributed by atoms with Crippen LogP contribution in [0.2, 0.25) is 0 Å². The van der Waals surface area contributed by atoms with Crippen molar-refractivity contribution in [3.05, 3.63) is 0 Å². The molecule has 0 radical (unpaired) electrons. The van der Waals surface area contributed by atoms with E-state index in [0.717, 1.165) is 19.3 Å². The van der Waals surface area contributed by atoms with Crippen LogP contribution in [0.1, 0.15) is 33.1 Å². The first-order valence-electron chi connectivity index (χ1n) is 5.11. The zero-order valence-electron chi connectivity index (χ0n) is 8.91. The van der Waals surface area contributed by atoms with Gasteiger partial charge in [0.2, 0.25) is 10.0 Å². The molecule has 1 aliphatic carbocycles. The Bertz CT molecular complexity index is 276. The quantitative estimate of drug-likeness (QED) is 0.706. The van der Waals surface area contributed by atoms with Crippen molar-refractivity contribution in [3.63, 3.8) is 0 Å². The molecule has 1 saturated carbocycles. The fourth-order valence-electron chi connectivity index (χ4n) is 1.76. The van der Waals surface area contributed by atoms with Gasteiger partial charge in [0.1, 0.15) is 0 Å². The van der Waals surface area contributed by atoms with Crippen LogP contribution in [0.25, 0.3) is 0 Å². The van der Waals surface area contributed by atoms with Crippen LogP contribution >= 0.6 is 0 Å². The topological polar surface area (TPSA) is 72.2 Å². The molecule has 3 N–H and O–H groups in total. The first kappa shape index (κ1) is 11.9. The SMILES string of the molecule is CC(C)CS(=O)(=O)NC1(CN)CCC1. The molecule has 0 saturated heterocycles. The van der Waals surface area contributed by atoms with Crippen molar-refractivity contribution >= 4 is 10.0 Å². The van der Waals surface area contributed by atoms with Gasteiger partial charge in [-0.05, 0) is 25.2 Å².